The number of aromatic nitrogens is 2. The second kappa shape index (κ2) is 10.3. The van der Waals surface area contributed by atoms with E-state index in [0.717, 1.165) is 63.0 Å². The van der Waals surface area contributed by atoms with Gasteiger partial charge in [-0.1, -0.05) is 29.8 Å². The topological polar surface area (TPSA) is 89.6 Å². The molecule has 1 fully saturated rings. The number of fused-ring (bicyclic) bond motifs is 1. The fraction of sp³-hybridized carbons (Fsp3) is 0.280. The lowest BCUT2D eigenvalue weighted by molar-refractivity contribution is -0.130. The molecule has 0 radical (unpaired) electrons. The SMILES string of the molecule is CC(=O)N1CCN(Cc2cnc(-c3cc4ccc(Cl)c(N(S)S(=O)(=O)c5cccc(C)c5)c4[nH]3)s2)CC1. The molecule has 2 aromatic carbocycles. The molecule has 1 amide bonds. The van der Waals surface area contributed by atoms with Gasteiger partial charge < -0.3 is 9.88 Å². The van der Waals surface area contributed by atoms with Crippen LogP contribution in [0.4, 0.5) is 5.69 Å². The summed E-state index contributed by atoms with van der Waals surface area (Å²) in [7, 11) is -3.96. The van der Waals surface area contributed by atoms with Gasteiger partial charge in [-0.15, -0.1) is 11.3 Å². The number of nitrogens with one attached hydrogen (secondary N) is 1. The van der Waals surface area contributed by atoms with Crippen molar-refractivity contribution >= 4 is 68.3 Å². The number of aryl methyl sites for hydroxylation is 1. The monoisotopic (exact) mass is 575 g/mol. The molecule has 1 N–H and O–H groups in total. The van der Waals surface area contributed by atoms with Crippen LogP contribution >= 0.6 is 35.8 Å². The molecule has 1 saturated heterocycles. The van der Waals surface area contributed by atoms with Crippen molar-refractivity contribution in [2.75, 3.05) is 29.9 Å². The minimum atomic E-state index is -3.96. The van der Waals surface area contributed by atoms with E-state index in [2.05, 4.69) is 27.7 Å². The Morgan fingerprint density at radius 1 is 1.19 bits per heavy atom. The number of carbonyl (C=O) groups is 1. The van der Waals surface area contributed by atoms with Crippen molar-refractivity contribution in [3.05, 3.63) is 64.1 Å². The van der Waals surface area contributed by atoms with Crippen LogP contribution in [0.2, 0.25) is 5.02 Å². The van der Waals surface area contributed by atoms with E-state index in [9.17, 15) is 13.2 Å². The number of rotatable bonds is 6. The third kappa shape index (κ3) is 5.23. The van der Waals surface area contributed by atoms with Crippen molar-refractivity contribution < 1.29 is 13.2 Å². The molecule has 0 aliphatic carbocycles. The Hall–Kier alpha value is -2.57. The average molecular weight is 576 g/mol. The fourth-order valence-corrected chi connectivity index (χ4v) is 7.39. The number of thiazole rings is 1. The molecule has 4 aromatic rings. The quantitative estimate of drug-likeness (QED) is 0.317. The van der Waals surface area contributed by atoms with E-state index in [0.29, 0.717) is 5.52 Å². The molecule has 37 heavy (non-hydrogen) atoms. The summed E-state index contributed by atoms with van der Waals surface area (Å²) in [6.07, 6.45) is 1.86. The second-order valence-corrected chi connectivity index (χ2v) is 13.0. The minimum absolute atomic E-state index is 0.115. The molecule has 5 rings (SSSR count). The van der Waals surface area contributed by atoms with Crippen LogP contribution in [-0.2, 0) is 21.4 Å². The van der Waals surface area contributed by atoms with Crippen molar-refractivity contribution in [2.45, 2.75) is 25.3 Å². The summed E-state index contributed by atoms with van der Waals surface area (Å²) in [6, 6.07) is 12.1. The van der Waals surface area contributed by atoms with Gasteiger partial charge >= 0.3 is 0 Å². The minimum Gasteiger partial charge on any atom is -0.351 e. The third-order valence-electron chi connectivity index (χ3n) is 6.41. The summed E-state index contributed by atoms with van der Waals surface area (Å²) >= 11 is 12.5. The number of hydrogen-bond donors (Lipinski definition) is 2. The van der Waals surface area contributed by atoms with Crippen LogP contribution in [0.15, 0.2) is 53.6 Å². The van der Waals surface area contributed by atoms with Crippen LogP contribution in [-0.4, -0.2) is 60.3 Å². The first-order chi connectivity index (χ1) is 17.6. The van der Waals surface area contributed by atoms with Gasteiger partial charge in [0.15, 0.2) is 0 Å². The zero-order valence-electron chi connectivity index (χ0n) is 20.3. The molecule has 0 atom stereocenters. The van der Waals surface area contributed by atoms with Crippen LogP contribution < -0.4 is 3.71 Å². The second-order valence-electron chi connectivity index (χ2n) is 9.02. The highest BCUT2D eigenvalue weighted by atomic mass is 35.5. The van der Waals surface area contributed by atoms with E-state index >= 15 is 0 Å². The van der Waals surface area contributed by atoms with E-state index in [1.165, 1.54) is 6.07 Å². The first-order valence-corrected chi connectivity index (χ1v) is 14.7. The van der Waals surface area contributed by atoms with E-state index in [4.69, 9.17) is 11.6 Å². The number of thiol groups is 1. The van der Waals surface area contributed by atoms with E-state index < -0.39 is 10.0 Å². The van der Waals surface area contributed by atoms with Gasteiger partial charge in [-0.05, 0) is 49.6 Å². The Morgan fingerprint density at radius 2 is 1.95 bits per heavy atom. The molecule has 1 aliphatic heterocycles. The van der Waals surface area contributed by atoms with Crippen molar-refractivity contribution in [1.29, 1.82) is 0 Å². The Labute approximate surface area is 230 Å². The van der Waals surface area contributed by atoms with Crippen molar-refractivity contribution in [3.8, 4) is 10.7 Å². The lowest BCUT2D eigenvalue weighted by atomic mass is 10.2. The first kappa shape index (κ1) is 26.1. The Balaban J connectivity index is 1.41. The molecule has 0 saturated carbocycles. The molecule has 0 unspecified atom stereocenters. The van der Waals surface area contributed by atoms with Gasteiger partial charge in [0.1, 0.15) is 10.7 Å². The smallest absolute Gasteiger partial charge is 0.273 e. The van der Waals surface area contributed by atoms with Crippen molar-refractivity contribution in [2.24, 2.45) is 0 Å². The summed E-state index contributed by atoms with van der Waals surface area (Å²) in [5, 5.41) is 1.85. The number of nitrogens with zero attached hydrogens (tertiary/aromatic N) is 4. The summed E-state index contributed by atoms with van der Waals surface area (Å²) in [5.74, 6) is 0.115. The third-order valence-corrected chi connectivity index (χ3v) is 10.1. The molecule has 0 spiro atoms. The van der Waals surface area contributed by atoms with E-state index in [1.807, 2.05) is 36.2 Å². The molecule has 12 heteroatoms. The van der Waals surface area contributed by atoms with Gasteiger partial charge in [-0.3, -0.25) is 9.69 Å². The zero-order chi connectivity index (χ0) is 26.3. The van der Waals surface area contributed by atoms with Gasteiger partial charge in [0.2, 0.25) is 5.91 Å². The number of halogens is 1. The summed E-state index contributed by atoms with van der Waals surface area (Å²) < 4.78 is 27.6. The number of carbonyl (C=O) groups excluding carboxylic acids is 1. The predicted octanol–water partition coefficient (Wildman–Crippen LogP) is 4.96. The number of anilines is 1. The normalized spacial score (nSPS) is 14.9. The Morgan fingerprint density at radius 3 is 2.65 bits per heavy atom. The average Bonchev–Trinajstić information content (AvgIpc) is 3.51. The number of amides is 1. The number of hydrogen-bond acceptors (Lipinski definition) is 7. The van der Waals surface area contributed by atoms with Crippen LogP contribution in [0.3, 0.4) is 0 Å². The van der Waals surface area contributed by atoms with Crippen LogP contribution in [0.25, 0.3) is 21.6 Å². The molecule has 0 bridgehead atoms. The Kier molecular flexibility index (Phi) is 7.25. The van der Waals surface area contributed by atoms with Gasteiger partial charge in [-0.2, -0.15) is 0 Å². The maximum atomic E-state index is 13.3. The van der Waals surface area contributed by atoms with Crippen molar-refractivity contribution in [1.82, 2.24) is 19.8 Å². The number of H-pyrrole nitrogens is 1. The number of aromatic amines is 1. The van der Waals surface area contributed by atoms with Gasteiger partial charge in [0.25, 0.3) is 10.0 Å². The lowest BCUT2D eigenvalue weighted by Gasteiger charge is -2.33. The Bertz CT molecular complexity index is 1580. The van der Waals surface area contributed by atoms with Crippen LogP contribution in [0.5, 0.6) is 0 Å². The highest BCUT2D eigenvalue weighted by Crippen LogP contribution is 2.40. The summed E-state index contributed by atoms with van der Waals surface area (Å²) in [4.78, 5) is 24.9. The van der Waals surface area contributed by atoms with Gasteiger partial charge in [-0.25, -0.2) is 17.1 Å². The fourth-order valence-electron chi connectivity index (χ4n) is 4.40. The standard InChI is InChI=1S/C25H26ClN5O3S3/c1-16-4-3-5-20(12-16)37(33,34)31(35)24-21(26)7-6-18-13-22(28-23(18)24)25-27-14-19(36-25)15-29-8-10-30(11-9-29)17(2)32/h3-7,12-14,28,35H,8-11,15H2,1-2H3. The zero-order valence-corrected chi connectivity index (χ0v) is 23.6. The molecule has 3 heterocycles. The molecule has 2 aromatic heterocycles. The number of piperazine rings is 1. The van der Waals surface area contributed by atoms with Crippen molar-refractivity contribution in [3.63, 3.8) is 0 Å². The van der Waals surface area contributed by atoms with E-state index in [-0.39, 0.29) is 21.5 Å². The lowest BCUT2D eigenvalue weighted by Crippen LogP contribution is -2.47. The predicted molar refractivity (Wildman–Crippen MR) is 152 cm³/mol. The maximum absolute atomic E-state index is 13.3. The molecular formula is C25H26ClN5O3S3. The van der Waals surface area contributed by atoms with E-state index in [1.54, 1.807) is 36.5 Å². The highest BCUT2D eigenvalue weighted by molar-refractivity contribution is 8.06. The largest absolute Gasteiger partial charge is 0.351 e. The number of sulfonamides is 1. The molecule has 194 valence electrons. The number of benzene rings is 2. The summed E-state index contributed by atoms with van der Waals surface area (Å²) in [5.41, 5.74) is 2.42. The van der Waals surface area contributed by atoms with Gasteiger partial charge in [0.05, 0.1) is 21.1 Å². The molecular weight excluding hydrogens is 550 g/mol. The molecule has 8 nitrogen and oxygen atoms in total. The first-order valence-electron chi connectivity index (χ1n) is 11.7. The summed E-state index contributed by atoms with van der Waals surface area (Å²) in [6.45, 7) is 7.33. The highest BCUT2D eigenvalue weighted by Gasteiger charge is 2.27. The molecule has 1 aliphatic rings. The van der Waals surface area contributed by atoms with Gasteiger partial charge in [0, 0.05) is 56.1 Å². The van der Waals surface area contributed by atoms with Crippen LogP contribution in [0.1, 0.15) is 17.4 Å². The van der Waals surface area contributed by atoms with Crippen LogP contribution in [0, 0.1) is 6.92 Å². The maximum Gasteiger partial charge on any atom is 0.273 e.